The van der Waals surface area contributed by atoms with Crippen molar-refractivity contribution in [3.05, 3.63) is 29.8 Å². The number of rotatable bonds is 4. The van der Waals surface area contributed by atoms with Gasteiger partial charge < -0.3 is 10.4 Å². The van der Waals surface area contributed by atoms with E-state index < -0.39 is 9.84 Å². The van der Waals surface area contributed by atoms with Gasteiger partial charge in [-0.15, -0.1) is 0 Å². The van der Waals surface area contributed by atoms with Crippen LogP contribution in [0.4, 0.5) is 0 Å². The highest BCUT2D eigenvalue weighted by molar-refractivity contribution is 7.90. The van der Waals surface area contributed by atoms with Gasteiger partial charge >= 0.3 is 0 Å². The fraction of sp³-hybridized carbons (Fsp3) is 0.462. The molecule has 0 bridgehead atoms. The molecule has 1 aliphatic rings. The first-order valence-electron chi connectivity index (χ1n) is 6.12. The number of carbonyl (C=O) groups is 1. The molecule has 6 heteroatoms. The number of nitrogens with one attached hydrogen (secondary N) is 1. The molecule has 1 aliphatic carbocycles. The molecule has 0 radical (unpaired) electrons. The molecule has 1 saturated carbocycles. The smallest absolute Gasteiger partial charge is 0.251 e. The van der Waals surface area contributed by atoms with Crippen LogP contribution in [0.1, 0.15) is 23.2 Å². The third kappa shape index (κ3) is 3.54. The molecule has 0 spiro atoms. The summed E-state index contributed by atoms with van der Waals surface area (Å²) in [6.07, 6.45) is 2.36. The zero-order valence-electron chi connectivity index (χ0n) is 10.7. The Morgan fingerprint density at radius 2 is 1.89 bits per heavy atom. The molecule has 1 aromatic carbocycles. The van der Waals surface area contributed by atoms with Crippen LogP contribution < -0.4 is 5.32 Å². The summed E-state index contributed by atoms with van der Waals surface area (Å²) in [5.41, 5.74) is 0.437. The minimum atomic E-state index is -3.23. The Morgan fingerprint density at radius 3 is 2.37 bits per heavy atom. The van der Waals surface area contributed by atoms with Gasteiger partial charge in [-0.3, -0.25) is 4.79 Å². The summed E-state index contributed by atoms with van der Waals surface area (Å²) in [4.78, 5) is 12.0. The van der Waals surface area contributed by atoms with Gasteiger partial charge in [-0.25, -0.2) is 8.42 Å². The van der Waals surface area contributed by atoms with E-state index in [2.05, 4.69) is 5.32 Å². The Kier molecular flexibility index (Phi) is 3.91. The third-order valence-electron chi connectivity index (χ3n) is 3.31. The first-order valence-corrected chi connectivity index (χ1v) is 8.02. The molecule has 2 rings (SSSR count). The second-order valence-corrected chi connectivity index (χ2v) is 7.01. The van der Waals surface area contributed by atoms with Crippen LogP contribution in [0.25, 0.3) is 0 Å². The lowest BCUT2D eigenvalue weighted by molar-refractivity contribution is 0.0420. The van der Waals surface area contributed by atoms with E-state index in [-0.39, 0.29) is 16.9 Å². The zero-order valence-corrected chi connectivity index (χ0v) is 11.5. The molecule has 1 aromatic rings. The van der Waals surface area contributed by atoms with E-state index in [9.17, 15) is 13.2 Å². The van der Waals surface area contributed by atoms with E-state index in [4.69, 9.17) is 5.11 Å². The van der Waals surface area contributed by atoms with Crippen LogP contribution >= 0.6 is 0 Å². The maximum Gasteiger partial charge on any atom is 0.251 e. The molecule has 1 fully saturated rings. The van der Waals surface area contributed by atoms with Crippen molar-refractivity contribution in [3.8, 4) is 0 Å². The van der Waals surface area contributed by atoms with Gasteiger partial charge in [-0.1, -0.05) is 0 Å². The Labute approximate surface area is 112 Å². The number of aliphatic hydroxyl groups is 1. The largest absolute Gasteiger partial charge is 0.393 e. The van der Waals surface area contributed by atoms with E-state index >= 15 is 0 Å². The Balaban J connectivity index is 1.92. The van der Waals surface area contributed by atoms with Gasteiger partial charge in [0.15, 0.2) is 9.84 Å². The highest BCUT2D eigenvalue weighted by atomic mass is 32.2. The number of hydrogen-bond donors (Lipinski definition) is 2. The fourth-order valence-corrected chi connectivity index (χ4v) is 2.69. The zero-order chi connectivity index (χ0) is 14.0. The summed E-state index contributed by atoms with van der Waals surface area (Å²) < 4.78 is 22.6. The van der Waals surface area contributed by atoms with Gasteiger partial charge in [-0.2, -0.15) is 0 Å². The van der Waals surface area contributed by atoms with E-state index in [1.807, 2.05) is 0 Å². The van der Waals surface area contributed by atoms with Crippen molar-refractivity contribution in [1.29, 1.82) is 0 Å². The van der Waals surface area contributed by atoms with E-state index in [0.29, 0.717) is 18.0 Å². The molecule has 5 nitrogen and oxygen atoms in total. The molecule has 2 N–H and O–H groups in total. The molecular formula is C13H17NO4S. The quantitative estimate of drug-likeness (QED) is 0.847. The van der Waals surface area contributed by atoms with E-state index in [0.717, 1.165) is 19.1 Å². The van der Waals surface area contributed by atoms with Crippen molar-refractivity contribution < 1.29 is 18.3 Å². The molecule has 0 unspecified atom stereocenters. The number of benzene rings is 1. The van der Waals surface area contributed by atoms with E-state index in [1.54, 1.807) is 0 Å². The van der Waals surface area contributed by atoms with Crippen LogP contribution in [0, 0.1) is 5.92 Å². The van der Waals surface area contributed by atoms with Crippen LogP contribution in [0.3, 0.4) is 0 Å². The second kappa shape index (κ2) is 5.30. The number of hydrogen-bond acceptors (Lipinski definition) is 4. The third-order valence-corrected chi connectivity index (χ3v) is 4.44. The van der Waals surface area contributed by atoms with Crippen molar-refractivity contribution in [2.45, 2.75) is 23.8 Å². The highest BCUT2D eigenvalue weighted by Gasteiger charge is 2.27. The van der Waals surface area contributed by atoms with Gasteiger partial charge in [0.1, 0.15) is 0 Å². The molecule has 0 atom stereocenters. The Bertz CT molecular complexity index is 559. The fourth-order valence-electron chi connectivity index (χ4n) is 2.06. The van der Waals surface area contributed by atoms with Crippen molar-refractivity contribution in [3.63, 3.8) is 0 Å². The second-order valence-electron chi connectivity index (χ2n) is 5.00. The summed E-state index contributed by atoms with van der Waals surface area (Å²) in [5.74, 6) is 0.121. The van der Waals surface area contributed by atoms with Gasteiger partial charge in [0, 0.05) is 18.4 Å². The maximum atomic E-state index is 11.8. The molecule has 104 valence electrons. The Hall–Kier alpha value is -1.40. The number of amides is 1. The lowest BCUT2D eigenvalue weighted by atomic mass is 9.82. The van der Waals surface area contributed by atoms with Crippen molar-refractivity contribution in [2.24, 2.45) is 5.92 Å². The van der Waals surface area contributed by atoms with Gasteiger partial charge in [-0.05, 0) is 43.0 Å². The Morgan fingerprint density at radius 1 is 1.32 bits per heavy atom. The SMILES string of the molecule is CS(=O)(=O)c1ccc(C(=O)NCC2CC(O)C2)cc1. The number of aliphatic hydroxyl groups excluding tert-OH is 1. The standard InChI is InChI=1S/C13H17NO4S/c1-19(17,18)12-4-2-10(3-5-12)13(16)14-8-9-6-11(15)7-9/h2-5,9,11,15H,6-8H2,1H3,(H,14,16). The van der Waals surface area contributed by atoms with E-state index in [1.165, 1.54) is 24.3 Å². The van der Waals surface area contributed by atoms with Gasteiger partial charge in [0.2, 0.25) is 0 Å². The molecule has 0 aliphatic heterocycles. The summed E-state index contributed by atoms with van der Waals surface area (Å²) in [6.45, 7) is 0.545. The summed E-state index contributed by atoms with van der Waals surface area (Å²) in [7, 11) is -3.23. The molecule has 1 amide bonds. The van der Waals surface area contributed by atoms with Crippen molar-refractivity contribution >= 4 is 15.7 Å². The normalized spacial score (nSPS) is 22.6. The predicted octanol–water partition coefficient (Wildman–Crippen LogP) is 0.591. The summed E-state index contributed by atoms with van der Waals surface area (Å²) in [5, 5.41) is 11.9. The topological polar surface area (TPSA) is 83.5 Å². The number of sulfone groups is 1. The first kappa shape index (κ1) is 14.0. The van der Waals surface area contributed by atoms with Crippen LogP contribution in [0.15, 0.2) is 29.2 Å². The highest BCUT2D eigenvalue weighted by Crippen LogP contribution is 2.26. The molecular weight excluding hydrogens is 266 g/mol. The molecule has 19 heavy (non-hydrogen) atoms. The summed E-state index contributed by atoms with van der Waals surface area (Å²) in [6, 6.07) is 5.86. The predicted molar refractivity (Wildman–Crippen MR) is 70.6 cm³/mol. The molecule has 0 saturated heterocycles. The minimum Gasteiger partial charge on any atom is -0.393 e. The minimum absolute atomic E-state index is 0.200. The summed E-state index contributed by atoms with van der Waals surface area (Å²) >= 11 is 0. The van der Waals surface area contributed by atoms with Crippen LogP contribution in [-0.4, -0.2) is 38.3 Å². The van der Waals surface area contributed by atoms with Crippen molar-refractivity contribution in [2.75, 3.05) is 12.8 Å². The number of carbonyl (C=O) groups excluding carboxylic acids is 1. The lowest BCUT2D eigenvalue weighted by Gasteiger charge is -2.31. The molecule has 0 aromatic heterocycles. The van der Waals surface area contributed by atoms with Crippen LogP contribution in [-0.2, 0) is 9.84 Å². The average molecular weight is 283 g/mol. The molecule has 0 heterocycles. The van der Waals surface area contributed by atoms with Crippen LogP contribution in [0.2, 0.25) is 0 Å². The average Bonchev–Trinajstić information content (AvgIpc) is 2.32. The lowest BCUT2D eigenvalue weighted by Crippen LogP contribution is -2.38. The van der Waals surface area contributed by atoms with Crippen molar-refractivity contribution in [1.82, 2.24) is 5.32 Å². The van der Waals surface area contributed by atoms with Crippen LogP contribution in [0.5, 0.6) is 0 Å². The first-order chi connectivity index (χ1) is 8.86. The monoisotopic (exact) mass is 283 g/mol. The maximum absolute atomic E-state index is 11.8. The van der Waals surface area contributed by atoms with Gasteiger partial charge in [0.05, 0.1) is 11.0 Å². The van der Waals surface area contributed by atoms with Gasteiger partial charge in [0.25, 0.3) is 5.91 Å².